The van der Waals surface area contributed by atoms with E-state index in [1.807, 2.05) is 0 Å². The highest BCUT2D eigenvalue weighted by atomic mass is 35.5. The molecule has 6 nitrogen and oxygen atoms in total. The Kier molecular flexibility index (Phi) is 4.74. The summed E-state index contributed by atoms with van der Waals surface area (Å²) >= 11 is 12.0. The predicted octanol–water partition coefficient (Wildman–Crippen LogP) is 3.40. The SMILES string of the molecule is C=C(NNC(=O)c1ccncc1)c1cc2cc(Cl)cc(Cl)c2oc1=O. The van der Waals surface area contributed by atoms with Gasteiger partial charge < -0.3 is 4.42 Å². The normalized spacial score (nSPS) is 10.5. The maximum Gasteiger partial charge on any atom is 0.345 e. The molecule has 2 N–H and O–H groups in total. The summed E-state index contributed by atoms with van der Waals surface area (Å²) in [7, 11) is 0. The van der Waals surface area contributed by atoms with Gasteiger partial charge in [0.1, 0.15) is 0 Å². The van der Waals surface area contributed by atoms with Gasteiger partial charge in [-0.1, -0.05) is 29.8 Å². The van der Waals surface area contributed by atoms with Crippen LogP contribution in [-0.2, 0) is 0 Å². The number of nitrogens with zero attached hydrogens (tertiary/aromatic N) is 1. The second-order valence-corrected chi connectivity index (χ2v) is 5.89. The summed E-state index contributed by atoms with van der Waals surface area (Å²) in [5.74, 6) is -0.403. The molecule has 0 radical (unpaired) electrons. The van der Waals surface area contributed by atoms with Crippen molar-refractivity contribution in [3.05, 3.63) is 80.9 Å². The minimum atomic E-state index is -0.646. The van der Waals surface area contributed by atoms with E-state index in [1.165, 1.54) is 24.5 Å². The molecule has 0 saturated heterocycles. The Morgan fingerprint density at radius 1 is 1.12 bits per heavy atom. The number of rotatable bonds is 4. The smallest absolute Gasteiger partial charge is 0.345 e. The summed E-state index contributed by atoms with van der Waals surface area (Å²) in [6.07, 6.45) is 2.99. The van der Waals surface area contributed by atoms with E-state index in [1.54, 1.807) is 18.2 Å². The van der Waals surface area contributed by atoms with Crippen molar-refractivity contribution >= 4 is 45.8 Å². The highest BCUT2D eigenvalue weighted by Crippen LogP contribution is 2.28. The van der Waals surface area contributed by atoms with Crippen molar-refractivity contribution in [2.75, 3.05) is 0 Å². The Morgan fingerprint density at radius 2 is 1.84 bits per heavy atom. The summed E-state index contributed by atoms with van der Waals surface area (Å²) in [6.45, 7) is 3.74. The first-order valence-electron chi connectivity index (χ1n) is 7.04. The Balaban J connectivity index is 1.84. The van der Waals surface area contributed by atoms with Crippen LogP contribution in [0.2, 0.25) is 10.0 Å². The first-order chi connectivity index (χ1) is 12.0. The molecule has 1 aromatic carbocycles. The molecule has 2 aromatic heterocycles. The molecule has 3 rings (SSSR count). The number of aromatic nitrogens is 1. The molecule has 0 aliphatic rings. The first kappa shape index (κ1) is 17.0. The minimum Gasteiger partial charge on any atom is -0.421 e. The Hall–Kier alpha value is -2.83. The van der Waals surface area contributed by atoms with E-state index in [0.29, 0.717) is 16.0 Å². The van der Waals surface area contributed by atoms with Gasteiger partial charge in [0.2, 0.25) is 0 Å². The quantitative estimate of drug-likeness (QED) is 0.539. The van der Waals surface area contributed by atoms with Gasteiger partial charge >= 0.3 is 5.63 Å². The number of halogens is 2. The molecule has 0 unspecified atom stereocenters. The molecule has 0 spiro atoms. The fourth-order valence-electron chi connectivity index (χ4n) is 2.14. The van der Waals surface area contributed by atoms with Gasteiger partial charge in [0.15, 0.2) is 5.58 Å². The molecule has 0 aliphatic carbocycles. The lowest BCUT2D eigenvalue weighted by molar-refractivity contribution is 0.0942. The van der Waals surface area contributed by atoms with Crippen molar-refractivity contribution in [2.45, 2.75) is 0 Å². The number of fused-ring (bicyclic) bond motifs is 1. The lowest BCUT2D eigenvalue weighted by Crippen LogP contribution is -2.36. The van der Waals surface area contributed by atoms with Crippen molar-refractivity contribution < 1.29 is 9.21 Å². The highest BCUT2D eigenvalue weighted by Gasteiger charge is 2.13. The third kappa shape index (κ3) is 3.65. The molecule has 3 aromatic rings. The first-order valence-corrected chi connectivity index (χ1v) is 7.80. The fourth-order valence-corrected chi connectivity index (χ4v) is 2.69. The Morgan fingerprint density at radius 3 is 2.56 bits per heavy atom. The standard InChI is InChI=1S/C17H11Cl2N3O3/c1-9(21-22-16(23)10-2-4-20-5-3-10)13-7-11-6-12(18)8-14(19)15(11)25-17(13)24/h2-8,21H,1H2,(H,22,23). The fraction of sp³-hybridized carbons (Fsp3) is 0. The minimum absolute atomic E-state index is 0.140. The molecule has 8 heteroatoms. The zero-order valence-electron chi connectivity index (χ0n) is 12.7. The maximum atomic E-state index is 12.1. The Labute approximate surface area is 152 Å². The van der Waals surface area contributed by atoms with Gasteiger partial charge in [0, 0.05) is 28.4 Å². The zero-order valence-corrected chi connectivity index (χ0v) is 14.2. The summed E-state index contributed by atoms with van der Waals surface area (Å²) in [5.41, 5.74) is 5.33. The second kappa shape index (κ2) is 6.96. The molecule has 1 amide bonds. The average molecular weight is 376 g/mol. The molecule has 0 aliphatic heterocycles. The van der Waals surface area contributed by atoms with E-state index in [0.717, 1.165) is 0 Å². The number of carbonyl (C=O) groups is 1. The molecule has 0 bridgehead atoms. The molecule has 0 fully saturated rings. The number of hydrogen-bond donors (Lipinski definition) is 2. The van der Waals surface area contributed by atoms with Gasteiger partial charge in [-0.2, -0.15) is 0 Å². The number of benzene rings is 1. The molecule has 0 atom stereocenters. The van der Waals surface area contributed by atoms with Gasteiger partial charge in [-0.3, -0.25) is 20.6 Å². The van der Waals surface area contributed by atoms with E-state index >= 15 is 0 Å². The van der Waals surface area contributed by atoms with Gasteiger partial charge in [-0.25, -0.2) is 4.79 Å². The van der Waals surface area contributed by atoms with Crippen LogP contribution < -0.4 is 16.5 Å². The maximum absolute atomic E-state index is 12.1. The predicted molar refractivity (Wildman–Crippen MR) is 96.4 cm³/mol. The summed E-state index contributed by atoms with van der Waals surface area (Å²) in [4.78, 5) is 28.0. The van der Waals surface area contributed by atoms with Gasteiger partial charge in [-0.05, 0) is 30.3 Å². The van der Waals surface area contributed by atoms with E-state index < -0.39 is 11.5 Å². The lowest BCUT2D eigenvalue weighted by Gasteiger charge is -2.11. The molecule has 2 heterocycles. The highest BCUT2D eigenvalue weighted by molar-refractivity contribution is 6.38. The van der Waals surface area contributed by atoms with Crippen LogP contribution in [0, 0.1) is 0 Å². The second-order valence-electron chi connectivity index (χ2n) is 5.05. The summed E-state index contributed by atoms with van der Waals surface area (Å²) in [5, 5.41) is 1.17. The van der Waals surface area contributed by atoms with E-state index in [2.05, 4.69) is 22.4 Å². The van der Waals surface area contributed by atoms with Crippen LogP contribution in [0.15, 0.2) is 58.5 Å². The Bertz CT molecular complexity index is 1030. The topological polar surface area (TPSA) is 84.2 Å². The largest absolute Gasteiger partial charge is 0.421 e. The number of pyridine rings is 1. The number of carbonyl (C=O) groups excluding carboxylic acids is 1. The van der Waals surface area contributed by atoms with Gasteiger partial charge in [-0.15, -0.1) is 0 Å². The van der Waals surface area contributed by atoms with E-state index in [9.17, 15) is 9.59 Å². The van der Waals surface area contributed by atoms with Crippen molar-refractivity contribution in [1.29, 1.82) is 0 Å². The van der Waals surface area contributed by atoms with Crippen LogP contribution in [0.1, 0.15) is 15.9 Å². The van der Waals surface area contributed by atoms with Crippen LogP contribution in [0.5, 0.6) is 0 Å². The van der Waals surface area contributed by atoms with E-state index in [4.69, 9.17) is 27.6 Å². The zero-order chi connectivity index (χ0) is 18.0. The average Bonchev–Trinajstić information content (AvgIpc) is 2.60. The van der Waals surface area contributed by atoms with Crippen molar-refractivity contribution in [2.24, 2.45) is 0 Å². The number of nitrogens with one attached hydrogen (secondary N) is 2. The third-order valence-electron chi connectivity index (χ3n) is 3.35. The van der Waals surface area contributed by atoms with Crippen molar-refractivity contribution in [3.8, 4) is 0 Å². The van der Waals surface area contributed by atoms with Crippen molar-refractivity contribution in [3.63, 3.8) is 0 Å². The molecule has 25 heavy (non-hydrogen) atoms. The number of hydrazine groups is 1. The molecule has 126 valence electrons. The van der Waals surface area contributed by atoms with Crippen LogP contribution in [0.3, 0.4) is 0 Å². The summed E-state index contributed by atoms with van der Waals surface area (Å²) in [6, 6.07) is 7.73. The summed E-state index contributed by atoms with van der Waals surface area (Å²) < 4.78 is 5.22. The monoisotopic (exact) mass is 375 g/mol. The van der Waals surface area contributed by atoms with Gasteiger partial charge in [0.25, 0.3) is 5.91 Å². The number of amides is 1. The molecular formula is C17H11Cl2N3O3. The van der Waals surface area contributed by atoms with Crippen LogP contribution in [-0.4, -0.2) is 10.9 Å². The molecular weight excluding hydrogens is 365 g/mol. The molecule has 0 saturated carbocycles. The number of hydrogen-bond acceptors (Lipinski definition) is 5. The van der Waals surface area contributed by atoms with Crippen LogP contribution in [0.25, 0.3) is 16.7 Å². The lowest BCUT2D eigenvalue weighted by atomic mass is 10.1. The third-order valence-corrected chi connectivity index (χ3v) is 3.85. The van der Waals surface area contributed by atoms with E-state index in [-0.39, 0.29) is 21.9 Å². The van der Waals surface area contributed by atoms with Crippen LogP contribution >= 0.6 is 23.2 Å². The van der Waals surface area contributed by atoms with Crippen LogP contribution in [0.4, 0.5) is 0 Å². The van der Waals surface area contributed by atoms with Gasteiger partial charge in [0.05, 0.1) is 16.3 Å². The van der Waals surface area contributed by atoms with Crippen molar-refractivity contribution in [1.82, 2.24) is 15.8 Å².